The van der Waals surface area contributed by atoms with Crippen LogP contribution >= 0.6 is 0 Å². The number of rotatable bonds is 5. The summed E-state index contributed by atoms with van der Waals surface area (Å²) in [5.74, 6) is 1.69. The zero-order valence-corrected chi connectivity index (χ0v) is 15.9. The number of benzene rings is 1. The van der Waals surface area contributed by atoms with Gasteiger partial charge in [-0.05, 0) is 49.4 Å². The van der Waals surface area contributed by atoms with Crippen LogP contribution in [0.25, 0.3) is 0 Å². The topological polar surface area (TPSA) is 59.1 Å². The molecule has 27 heavy (non-hydrogen) atoms. The Labute approximate surface area is 160 Å². The maximum absolute atomic E-state index is 12.7. The van der Waals surface area contributed by atoms with Crippen LogP contribution in [0.15, 0.2) is 24.3 Å². The van der Waals surface area contributed by atoms with Crippen LogP contribution < -0.4 is 4.74 Å². The molecule has 2 heterocycles. The van der Waals surface area contributed by atoms with Crippen molar-refractivity contribution in [3.8, 4) is 5.75 Å². The van der Waals surface area contributed by atoms with Crippen LogP contribution in [0.4, 0.5) is 0 Å². The predicted octanol–water partition coefficient (Wildman–Crippen LogP) is 2.33. The fourth-order valence-corrected chi connectivity index (χ4v) is 4.65. The molecular weight excluding hydrogens is 344 g/mol. The number of hydrogen-bond donors (Lipinski definition) is 0. The summed E-state index contributed by atoms with van der Waals surface area (Å²) in [6.07, 6.45) is 5.34. The van der Waals surface area contributed by atoms with Gasteiger partial charge in [-0.2, -0.15) is 0 Å². The summed E-state index contributed by atoms with van der Waals surface area (Å²) in [7, 11) is 1.54. The summed E-state index contributed by atoms with van der Waals surface area (Å²) in [5, 5.41) is 0. The van der Waals surface area contributed by atoms with Crippen molar-refractivity contribution in [2.24, 2.45) is 5.92 Å². The number of piperidine rings is 2. The number of carbonyl (C=O) groups excluding carboxylic acids is 2. The highest BCUT2D eigenvalue weighted by atomic mass is 16.5. The van der Waals surface area contributed by atoms with Gasteiger partial charge in [-0.3, -0.25) is 9.59 Å². The first-order valence-corrected chi connectivity index (χ1v) is 9.98. The first kappa shape index (κ1) is 18.3. The van der Waals surface area contributed by atoms with E-state index in [0.717, 1.165) is 37.1 Å². The number of carbonyl (C=O) groups is 2. The highest BCUT2D eigenvalue weighted by molar-refractivity contribution is 5.94. The maximum atomic E-state index is 12.7. The monoisotopic (exact) mass is 372 g/mol. The van der Waals surface area contributed by atoms with E-state index in [9.17, 15) is 9.59 Å². The molecule has 2 amide bonds. The minimum absolute atomic E-state index is 0.0365. The molecule has 0 aromatic heterocycles. The molecule has 2 saturated heterocycles. The predicted molar refractivity (Wildman–Crippen MR) is 101 cm³/mol. The van der Waals surface area contributed by atoms with Gasteiger partial charge < -0.3 is 19.3 Å². The van der Waals surface area contributed by atoms with Crippen LogP contribution in [-0.4, -0.2) is 67.1 Å². The molecule has 6 nitrogen and oxygen atoms in total. The average Bonchev–Trinajstić information content (AvgIpc) is 3.32. The third-order valence-corrected chi connectivity index (χ3v) is 6.14. The highest BCUT2D eigenvalue weighted by Crippen LogP contribution is 2.38. The number of ether oxygens (including phenoxy) is 2. The molecule has 0 spiro atoms. The van der Waals surface area contributed by atoms with Gasteiger partial charge in [0.2, 0.25) is 5.91 Å². The second-order valence-electron chi connectivity index (χ2n) is 7.95. The summed E-state index contributed by atoms with van der Waals surface area (Å²) in [4.78, 5) is 28.5. The molecule has 2 atom stereocenters. The first-order chi connectivity index (χ1) is 13.1. The maximum Gasteiger partial charge on any atom is 0.254 e. The van der Waals surface area contributed by atoms with Crippen molar-refractivity contribution in [2.45, 2.75) is 44.2 Å². The Bertz CT molecular complexity index is 682. The summed E-state index contributed by atoms with van der Waals surface area (Å²) in [5.41, 5.74) is 0.745. The van der Waals surface area contributed by atoms with Crippen molar-refractivity contribution in [1.82, 2.24) is 9.80 Å². The van der Waals surface area contributed by atoms with Crippen LogP contribution in [0.2, 0.25) is 0 Å². The van der Waals surface area contributed by atoms with Gasteiger partial charge in [0.15, 0.2) is 0 Å². The van der Waals surface area contributed by atoms with Crippen LogP contribution in [0.5, 0.6) is 5.75 Å². The lowest BCUT2D eigenvalue weighted by atomic mass is 10.1. The summed E-state index contributed by atoms with van der Waals surface area (Å²) < 4.78 is 11.0. The molecule has 146 valence electrons. The van der Waals surface area contributed by atoms with Crippen LogP contribution in [0, 0.1) is 5.92 Å². The fraction of sp³-hybridized carbons (Fsp3) is 0.619. The third kappa shape index (κ3) is 3.95. The van der Waals surface area contributed by atoms with Gasteiger partial charge >= 0.3 is 0 Å². The molecular formula is C21H28N2O4. The molecule has 0 radical (unpaired) electrons. The van der Waals surface area contributed by atoms with E-state index in [1.54, 1.807) is 0 Å². The Kier molecular flexibility index (Phi) is 5.34. The van der Waals surface area contributed by atoms with Crippen LogP contribution in [0.1, 0.15) is 42.5 Å². The SMILES string of the molecule is COCC(=O)N1CCC(Oc2ccc(C(=O)N3C[C@H]4CC[C@H]3C4)cc2)CC1. The molecule has 0 unspecified atom stereocenters. The number of hydrogen-bond acceptors (Lipinski definition) is 4. The van der Waals surface area contributed by atoms with E-state index in [-0.39, 0.29) is 24.5 Å². The summed E-state index contributed by atoms with van der Waals surface area (Å²) in [6.45, 7) is 2.45. The Morgan fingerprint density at radius 3 is 2.41 bits per heavy atom. The number of nitrogens with zero attached hydrogens (tertiary/aromatic N) is 2. The second-order valence-corrected chi connectivity index (χ2v) is 7.95. The first-order valence-electron chi connectivity index (χ1n) is 9.98. The molecule has 1 aromatic rings. The minimum atomic E-state index is 0.0365. The lowest BCUT2D eigenvalue weighted by Crippen LogP contribution is -2.43. The van der Waals surface area contributed by atoms with E-state index in [1.165, 1.54) is 20.0 Å². The number of fused-ring (bicyclic) bond motifs is 2. The summed E-state index contributed by atoms with van der Waals surface area (Å²) >= 11 is 0. The van der Waals surface area contributed by atoms with E-state index in [0.29, 0.717) is 25.0 Å². The Hall–Kier alpha value is -2.08. The van der Waals surface area contributed by atoms with Gasteiger partial charge in [-0.25, -0.2) is 0 Å². The third-order valence-electron chi connectivity index (χ3n) is 6.14. The van der Waals surface area contributed by atoms with E-state index >= 15 is 0 Å². The van der Waals surface area contributed by atoms with E-state index < -0.39 is 0 Å². The number of methoxy groups -OCH3 is 1. The van der Waals surface area contributed by atoms with Crippen LogP contribution in [-0.2, 0) is 9.53 Å². The zero-order chi connectivity index (χ0) is 18.8. The summed E-state index contributed by atoms with van der Waals surface area (Å²) in [6, 6.07) is 7.99. The minimum Gasteiger partial charge on any atom is -0.490 e. The lowest BCUT2D eigenvalue weighted by Gasteiger charge is -2.32. The van der Waals surface area contributed by atoms with E-state index in [4.69, 9.17) is 9.47 Å². The Morgan fingerprint density at radius 1 is 1.07 bits per heavy atom. The number of amides is 2. The molecule has 1 saturated carbocycles. The van der Waals surface area contributed by atoms with E-state index in [2.05, 4.69) is 4.90 Å². The second kappa shape index (κ2) is 7.89. The van der Waals surface area contributed by atoms with Gasteiger partial charge in [-0.1, -0.05) is 0 Å². The lowest BCUT2D eigenvalue weighted by molar-refractivity contribution is -0.136. The molecule has 3 fully saturated rings. The molecule has 0 N–H and O–H groups in total. The van der Waals surface area contributed by atoms with Crippen molar-refractivity contribution in [2.75, 3.05) is 33.4 Å². The van der Waals surface area contributed by atoms with Gasteiger partial charge in [0.05, 0.1) is 0 Å². The van der Waals surface area contributed by atoms with Crippen molar-refractivity contribution < 1.29 is 19.1 Å². The molecule has 6 heteroatoms. The van der Waals surface area contributed by atoms with Gasteiger partial charge in [0.1, 0.15) is 18.5 Å². The van der Waals surface area contributed by atoms with Crippen LogP contribution in [0.3, 0.4) is 0 Å². The van der Waals surface area contributed by atoms with Crippen molar-refractivity contribution in [3.63, 3.8) is 0 Å². The molecule has 1 aliphatic carbocycles. The van der Waals surface area contributed by atoms with E-state index in [1.807, 2.05) is 29.2 Å². The van der Waals surface area contributed by atoms with Gasteiger partial charge in [0.25, 0.3) is 5.91 Å². The van der Waals surface area contributed by atoms with Crippen molar-refractivity contribution in [1.29, 1.82) is 0 Å². The van der Waals surface area contributed by atoms with Crippen molar-refractivity contribution >= 4 is 11.8 Å². The number of likely N-dealkylation sites (tertiary alicyclic amines) is 2. The zero-order valence-electron chi connectivity index (χ0n) is 15.9. The quantitative estimate of drug-likeness (QED) is 0.796. The van der Waals surface area contributed by atoms with Crippen molar-refractivity contribution in [3.05, 3.63) is 29.8 Å². The molecule has 1 aromatic carbocycles. The average molecular weight is 372 g/mol. The molecule has 4 rings (SSSR count). The molecule has 3 aliphatic rings. The molecule has 2 bridgehead atoms. The normalized spacial score (nSPS) is 25.1. The van der Waals surface area contributed by atoms with Gasteiger partial charge in [-0.15, -0.1) is 0 Å². The Balaban J connectivity index is 1.29. The van der Waals surface area contributed by atoms with Gasteiger partial charge in [0, 0.05) is 51.2 Å². The highest BCUT2D eigenvalue weighted by Gasteiger charge is 2.40. The smallest absolute Gasteiger partial charge is 0.254 e. The Morgan fingerprint density at radius 2 is 1.81 bits per heavy atom. The largest absolute Gasteiger partial charge is 0.490 e. The standard InChI is InChI=1S/C21H28N2O4/c1-26-14-20(24)22-10-8-19(9-11-22)27-18-6-3-16(4-7-18)21(25)23-13-15-2-5-17(23)12-15/h3-4,6-7,15,17,19H,2,5,8-14H2,1H3/t15-,17-/m0/s1. The molecule has 2 aliphatic heterocycles. The fourth-order valence-electron chi connectivity index (χ4n) is 4.65.